The molecule has 0 atom stereocenters. The summed E-state index contributed by atoms with van der Waals surface area (Å²) in [5.74, 6) is -4.15. The lowest BCUT2D eigenvalue weighted by molar-refractivity contribution is -0.148. The fourth-order valence-corrected chi connectivity index (χ4v) is 1.06. The highest BCUT2D eigenvalue weighted by molar-refractivity contribution is 9.10. The number of pyridine rings is 1. The maximum atomic E-state index is 12.4. The summed E-state index contributed by atoms with van der Waals surface area (Å²) in [5.41, 5.74) is 0. The van der Waals surface area contributed by atoms with Crippen LogP contribution in [0.2, 0.25) is 0 Å². The van der Waals surface area contributed by atoms with Crippen molar-refractivity contribution in [2.45, 2.75) is 12.3 Å². The van der Waals surface area contributed by atoms with Gasteiger partial charge in [0.15, 0.2) is 6.61 Å². The molecule has 15 heavy (non-hydrogen) atoms. The van der Waals surface area contributed by atoms with Crippen LogP contribution >= 0.6 is 15.9 Å². The number of alkyl halides is 4. The second-order valence-electron chi connectivity index (χ2n) is 2.69. The second kappa shape index (κ2) is 4.78. The van der Waals surface area contributed by atoms with Crippen LogP contribution in [0.5, 0.6) is 5.75 Å². The first-order valence-corrected chi connectivity index (χ1v) is 4.60. The van der Waals surface area contributed by atoms with Gasteiger partial charge in [-0.1, -0.05) is 0 Å². The van der Waals surface area contributed by atoms with E-state index in [1.807, 2.05) is 0 Å². The summed E-state index contributed by atoms with van der Waals surface area (Å²) in [6.45, 7) is -1.37. The molecule has 1 rings (SSSR count). The van der Waals surface area contributed by atoms with Crippen LogP contribution in [0.1, 0.15) is 0 Å². The third-order valence-corrected chi connectivity index (χ3v) is 1.86. The topological polar surface area (TPSA) is 22.1 Å². The van der Waals surface area contributed by atoms with Crippen molar-refractivity contribution in [3.05, 3.63) is 22.9 Å². The normalized spacial score (nSPS) is 11.9. The van der Waals surface area contributed by atoms with Crippen LogP contribution < -0.4 is 4.74 Å². The van der Waals surface area contributed by atoms with Crippen LogP contribution in [0.4, 0.5) is 17.6 Å². The second-order valence-corrected chi connectivity index (χ2v) is 3.60. The van der Waals surface area contributed by atoms with Crippen LogP contribution in [0.15, 0.2) is 22.9 Å². The van der Waals surface area contributed by atoms with Crippen molar-refractivity contribution in [2.75, 3.05) is 6.61 Å². The summed E-state index contributed by atoms with van der Waals surface area (Å²) in [7, 11) is 0. The predicted molar refractivity (Wildman–Crippen MR) is 48.4 cm³/mol. The lowest BCUT2D eigenvalue weighted by Crippen LogP contribution is -2.33. The molecular formula is C8H6BrF4NO. The molecule has 0 aliphatic rings. The number of ether oxygens (including phenoxy) is 1. The fraction of sp³-hybridized carbons (Fsp3) is 0.375. The monoisotopic (exact) mass is 287 g/mol. The molecule has 0 amide bonds. The summed E-state index contributed by atoms with van der Waals surface area (Å²) < 4.78 is 53.3. The summed E-state index contributed by atoms with van der Waals surface area (Å²) in [4.78, 5) is 3.63. The Morgan fingerprint density at radius 1 is 1.40 bits per heavy atom. The Hall–Kier alpha value is -0.850. The zero-order chi connectivity index (χ0) is 11.5. The lowest BCUT2D eigenvalue weighted by atomic mass is 10.4. The highest BCUT2D eigenvalue weighted by Gasteiger charge is 2.41. The van der Waals surface area contributed by atoms with E-state index in [9.17, 15) is 17.6 Å². The first-order valence-electron chi connectivity index (χ1n) is 3.81. The largest absolute Gasteiger partial charge is 0.485 e. The van der Waals surface area contributed by atoms with Gasteiger partial charge in [0.1, 0.15) is 5.75 Å². The van der Waals surface area contributed by atoms with Gasteiger partial charge in [0.05, 0.1) is 6.20 Å². The van der Waals surface area contributed by atoms with E-state index in [2.05, 4.69) is 25.7 Å². The smallest absolute Gasteiger partial charge is 0.340 e. The Morgan fingerprint density at radius 2 is 2.07 bits per heavy atom. The van der Waals surface area contributed by atoms with Crippen molar-refractivity contribution in [3.8, 4) is 5.75 Å². The van der Waals surface area contributed by atoms with Crippen LogP contribution in [0.25, 0.3) is 0 Å². The van der Waals surface area contributed by atoms with E-state index in [4.69, 9.17) is 0 Å². The molecule has 0 aromatic carbocycles. The van der Waals surface area contributed by atoms with E-state index in [0.29, 0.717) is 4.47 Å². The molecule has 1 aromatic heterocycles. The van der Waals surface area contributed by atoms with Crippen LogP contribution in [0, 0.1) is 0 Å². The van der Waals surface area contributed by atoms with E-state index >= 15 is 0 Å². The standard InChI is InChI=1S/C8H6BrF4NO/c9-5-1-6(3-14-2-5)15-4-8(12,13)7(10)11/h1-3,7H,4H2. The average molecular weight is 288 g/mol. The first-order chi connectivity index (χ1) is 6.92. The van der Waals surface area contributed by atoms with Gasteiger partial charge in [-0.25, -0.2) is 8.78 Å². The number of halogens is 5. The van der Waals surface area contributed by atoms with Gasteiger partial charge in [-0.15, -0.1) is 0 Å². The van der Waals surface area contributed by atoms with Gasteiger partial charge in [-0.3, -0.25) is 4.98 Å². The van der Waals surface area contributed by atoms with Gasteiger partial charge in [-0.05, 0) is 22.0 Å². The van der Waals surface area contributed by atoms with Gasteiger partial charge < -0.3 is 4.74 Å². The van der Waals surface area contributed by atoms with E-state index in [1.165, 1.54) is 12.3 Å². The van der Waals surface area contributed by atoms with Crippen LogP contribution in [-0.4, -0.2) is 23.9 Å². The zero-order valence-electron chi connectivity index (χ0n) is 7.26. The molecule has 7 heteroatoms. The highest BCUT2D eigenvalue weighted by Crippen LogP contribution is 2.24. The minimum absolute atomic E-state index is 0.00435. The molecule has 84 valence electrons. The minimum Gasteiger partial charge on any atom is -0.485 e. The van der Waals surface area contributed by atoms with Gasteiger partial charge in [-0.2, -0.15) is 8.78 Å². The van der Waals surface area contributed by atoms with Crippen molar-refractivity contribution >= 4 is 15.9 Å². The van der Waals surface area contributed by atoms with Crippen LogP contribution in [-0.2, 0) is 0 Å². The molecule has 1 heterocycles. The molecular weight excluding hydrogens is 282 g/mol. The molecule has 0 fully saturated rings. The molecule has 0 aliphatic heterocycles. The van der Waals surface area contributed by atoms with Crippen molar-refractivity contribution in [2.24, 2.45) is 0 Å². The summed E-state index contributed by atoms with van der Waals surface area (Å²) in [6.07, 6.45) is -1.16. The number of rotatable bonds is 4. The molecule has 0 spiro atoms. The Kier molecular flexibility index (Phi) is 3.90. The van der Waals surface area contributed by atoms with Gasteiger partial charge >= 0.3 is 12.3 Å². The SMILES string of the molecule is FC(F)C(F)(F)COc1cncc(Br)c1. The fourth-order valence-electron chi connectivity index (χ4n) is 0.714. The number of nitrogens with zero attached hydrogens (tertiary/aromatic N) is 1. The molecule has 0 aliphatic carbocycles. The van der Waals surface area contributed by atoms with E-state index in [-0.39, 0.29) is 5.75 Å². The molecule has 0 N–H and O–H groups in total. The molecule has 0 radical (unpaired) electrons. The Balaban J connectivity index is 2.57. The first kappa shape index (κ1) is 12.2. The Morgan fingerprint density at radius 3 is 2.60 bits per heavy atom. The molecule has 2 nitrogen and oxygen atoms in total. The van der Waals surface area contributed by atoms with E-state index < -0.39 is 19.0 Å². The summed E-state index contributed by atoms with van der Waals surface area (Å²) >= 11 is 3.03. The highest BCUT2D eigenvalue weighted by atomic mass is 79.9. The predicted octanol–water partition coefficient (Wildman–Crippen LogP) is 3.12. The quantitative estimate of drug-likeness (QED) is 0.794. The number of hydrogen-bond donors (Lipinski definition) is 0. The molecule has 0 bridgehead atoms. The van der Waals surface area contributed by atoms with E-state index in [0.717, 1.165) is 6.20 Å². The maximum Gasteiger partial charge on any atom is 0.340 e. The molecule has 0 unspecified atom stereocenters. The van der Waals surface area contributed by atoms with E-state index in [1.54, 1.807) is 0 Å². The van der Waals surface area contributed by atoms with Gasteiger partial charge in [0, 0.05) is 10.7 Å². The summed E-state index contributed by atoms with van der Waals surface area (Å²) in [5, 5.41) is 0. The van der Waals surface area contributed by atoms with Crippen molar-refractivity contribution in [1.29, 1.82) is 0 Å². The molecule has 0 saturated heterocycles. The third-order valence-electron chi connectivity index (χ3n) is 1.43. The Labute approximate surface area is 91.4 Å². The third kappa shape index (κ3) is 3.65. The van der Waals surface area contributed by atoms with Crippen molar-refractivity contribution < 1.29 is 22.3 Å². The molecule has 0 saturated carbocycles. The number of hydrogen-bond acceptors (Lipinski definition) is 2. The lowest BCUT2D eigenvalue weighted by Gasteiger charge is -2.15. The zero-order valence-corrected chi connectivity index (χ0v) is 8.85. The molecule has 1 aromatic rings. The van der Waals surface area contributed by atoms with Gasteiger partial charge in [0.2, 0.25) is 0 Å². The Bertz CT molecular complexity index is 334. The summed E-state index contributed by atoms with van der Waals surface area (Å²) in [6, 6.07) is 1.36. The van der Waals surface area contributed by atoms with Crippen molar-refractivity contribution in [3.63, 3.8) is 0 Å². The van der Waals surface area contributed by atoms with Crippen molar-refractivity contribution in [1.82, 2.24) is 4.98 Å². The maximum absolute atomic E-state index is 12.4. The minimum atomic E-state index is -4.15. The average Bonchev–Trinajstić information content (AvgIpc) is 2.15. The van der Waals surface area contributed by atoms with Gasteiger partial charge in [0.25, 0.3) is 0 Å². The number of aromatic nitrogens is 1. The van der Waals surface area contributed by atoms with Crippen LogP contribution in [0.3, 0.4) is 0 Å².